The Morgan fingerprint density at radius 3 is 2.61 bits per heavy atom. The van der Waals surface area contributed by atoms with Crippen LogP contribution in [0, 0.1) is 0 Å². The number of oxazole rings is 1. The molecule has 3 heterocycles. The van der Waals surface area contributed by atoms with Crippen molar-refractivity contribution in [1.82, 2.24) is 9.97 Å². The first kappa shape index (κ1) is 16.4. The predicted octanol–water partition coefficient (Wildman–Crippen LogP) is 2.46. The lowest BCUT2D eigenvalue weighted by Gasteiger charge is -2.32. The minimum Gasteiger partial charge on any atom is -0.406 e. The average molecular weight is 334 g/mol. The van der Waals surface area contributed by atoms with Gasteiger partial charge in [0.05, 0.1) is 11.2 Å². The van der Waals surface area contributed by atoms with E-state index in [0.29, 0.717) is 17.0 Å². The molecule has 0 spiro atoms. The highest BCUT2D eigenvalue weighted by atomic mass is 32.1. The fourth-order valence-electron chi connectivity index (χ4n) is 2.33. The highest BCUT2D eigenvalue weighted by Crippen LogP contribution is 2.39. The van der Waals surface area contributed by atoms with Crippen molar-refractivity contribution in [2.45, 2.75) is 38.9 Å². The van der Waals surface area contributed by atoms with E-state index in [2.05, 4.69) is 22.6 Å². The number of nitrogens with one attached hydrogen (secondary N) is 1. The molecule has 8 heteroatoms. The molecule has 2 aromatic heterocycles. The second-order valence-electron chi connectivity index (χ2n) is 6.60. The first-order valence-electron chi connectivity index (χ1n) is 7.38. The number of hydrogen-bond donors (Lipinski definition) is 2. The first-order valence-corrected chi connectivity index (χ1v) is 8.01. The molecule has 1 saturated heterocycles. The van der Waals surface area contributed by atoms with Gasteiger partial charge in [0.25, 0.3) is 0 Å². The van der Waals surface area contributed by atoms with Crippen LogP contribution in [-0.4, -0.2) is 34.0 Å². The van der Waals surface area contributed by atoms with E-state index in [9.17, 15) is 4.79 Å². The Labute approximate surface area is 139 Å². The van der Waals surface area contributed by atoms with Crippen molar-refractivity contribution in [3.05, 3.63) is 33.8 Å². The third-order valence-corrected chi connectivity index (χ3v) is 4.75. The van der Waals surface area contributed by atoms with Crippen LogP contribution in [0.25, 0.3) is 17.3 Å². The Hall–Kier alpha value is -1.51. The molecule has 122 valence electrons. The SMILES string of the molecule is CC1(C)OB(C(=Cc2cnc3[nH]c(=O)oc3c2)CS)OC1(C)C. The molecule has 0 bridgehead atoms. The van der Waals surface area contributed by atoms with Gasteiger partial charge in [0.1, 0.15) is 0 Å². The number of pyridine rings is 1. The standard InChI is InChI=1S/C15H19BN2O4S/c1-14(2)15(3,4)22-16(21-14)10(8-23)5-9-6-11-12(17-7-9)18-13(19)20-11/h5-7,23H,8H2,1-4H3,(H,17,18,19). The van der Waals surface area contributed by atoms with E-state index >= 15 is 0 Å². The van der Waals surface area contributed by atoms with E-state index in [4.69, 9.17) is 13.7 Å². The summed E-state index contributed by atoms with van der Waals surface area (Å²) in [6.07, 6.45) is 3.55. The molecule has 0 atom stereocenters. The molecule has 0 unspecified atom stereocenters. The van der Waals surface area contributed by atoms with Crippen LogP contribution in [0.5, 0.6) is 0 Å². The van der Waals surface area contributed by atoms with Crippen molar-refractivity contribution in [1.29, 1.82) is 0 Å². The third-order valence-electron chi connectivity index (χ3n) is 4.39. The molecular formula is C15H19BN2O4S. The highest BCUT2D eigenvalue weighted by molar-refractivity contribution is 7.80. The predicted molar refractivity (Wildman–Crippen MR) is 92.5 cm³/mol. The van der Waals surface area contributed by atoms with Gasteiger partial charge in [0.15, 0.2) is 11.2 Å². The molecule has 23 heavy (non-hydrogen) atoms. The number of aromatic amines is 1. The molecule has 0 saturated carbocycles. The number of hydrogen-bond acceptors (Lipinski definition) is 6. The molecule has 0 aliphatic carbocycles. The van der Waals surface area contributed by atoms with Crippen molar-refractivity contribution in [2.75, 3.05) is 5.75 Å². The average Bonchev–Trinajstić information content (AvgIpc) is 2.91. The minimum absolute atomic E-state index is 0.407. The van der Waals surface area contributed by atoms with Gasteiger partial charge in [-0.25, -0.2) is 9.78 Å². The van der Waals surface area contributed by atoms with E-state index in [1.165, 1.54) is 0 Å². The lowest BCUT2D eigenvalue weighted by atomic mass is 9.78. The molecule has 1 aliphatic rings. The summed E-state index contributed by atoms with van der Waals surface area (Å²) in [7, 11) is -0.466. The summed E-state index contributed by atoms with van der Waals surface area (Å²) >= 11 is 4.38. The van der Waals surface area contributed by atoms with Gasteiger partial charge in [-0.2, -0.15) is 12.6 Å². The zero-order valence-corrected chi connectivity index (χ0v) is 14.4. The molecular weight excluding hydrogens is 315 g/mol. The zero-order valence-electron chi connectivity index (χ0n) is 13.5. The number of fused-ring (bicyclic) bond motifs is 1. The number of nitrogens with zero attached hydrogens (tertiary/aromatic N) is 1. The second kappa shape index (κ2) is 5.54. The van der Waals surface area contributed by atoms with Crippen LogP contribution in [0.3, 0.4) is 0 Å². The monoisotopic (exact) mass is 334 g/mol. The lowest BCUT2D eigenvalue weighted by molar-refractivity contribution is 0.00578. The summed E-state index contributed by atoms with van der Waals surface area (Å²) in [5.74, 6) is -0.0413. The van der Waals surface area contributed by atoms with Crippen LogP contribution in [0.2, 0.25) is 0 Å². The molecule has 3 rings (SSSR count). The van der Waals surface area contributed by atoms with Crippen LogP contribution in [0.4, 0.5) is 0 Å². The van der Waals surface area contributed by atoms with E-state index in [-0.39, 0.29) is 0 Å². The van der Waals surface area contributed by atoms with Crippen LogP contribution >= 0.6 is 12.6 Å². The van der Waals surface area contributed by atoms with Crippen LogP contribution < -0.4 is 5.76 Å². The lowest BCUT2D eigenvalue weighted by Crippen LogP contribution is -2.41. The zero-order chi connectivity index (χ0) is 16.8. The van der Waals surface area contributed by atoms with Crippen LogP contribution in [0.1, 0.15) is 33.3 Å². The molecule has 0 radical (unpaired) electrons. The van der Waals surface area contributed by atoms with Crippen molar-refractivity contribution in [3.8, 4) is 0 Å². The maximum absolute atomic E-state index is 11.2. The quantitative estimate of drug-likeness (QED) is 0.666. The highest BCUT2D eigenvalue weighted by Gasteiger charge is 2.52. The van der Waals surface area contributed by atoms with Crippen LogP contribution in [0.15, 0.2) is 26.9 Å². The van der Waals surface area contributed by atoms with E-state index in [0.717, 1.165) is 11.0 Å². The molecule has 1 N–H and O–H groups in total. The summed E-state index contributed by atoms with van der Waals surface area (Å²) in [6.45, 7) is 8.02. The van der Waals surface area contributed by atoms with Crippen LogP contribution in [-0.2, 0) is 9.31 Å². The second-order valence-corrected chi connectivity index (χ2v) is 6.91. The van der Waals surface area contributed by atoms with Gasteiger partial charge < -0.3 is 13.7 Å². The normalized spacial score (nSPS) is 20.4. The van der Waals surface area contributed by atoms with Gasteiger partial charge in [-0.1, -0.05) is 6.08 Å². The van der Waals surface area contributed by atoms with E-state index in [1.807, 2.05) is 33.8 Å². The number of thiol groups is 1. The van der Waals surface area contributed by atoms with Crippen molar-refractivity contribution in [3.63, 3.8) is 0 Å². The number of aromatic nitrogens is 2. The fourth-order valence-corrected chi connectivity index (χ4v) is 2.57. The van der Waals surface area contributed by atoms with Gasteiger partial charge in [0, 0.05) is 11.9 Å². The number of H-pyrrole nitrogens is 1. The Bertz CT molecular complexity index is 808. The van der Waals surface area contributed by atoms with Gasteiger partial charge in [-0.3, -0.25) is 4.98 Å². The Morgan fingerprint density at radius 2 is 2.00 bits per heavy atom. The molecule has 1 fully saturated rings. The third kappa shape index (κ3) is 2.98. The molecule has 6 nitrogen and oxygen atoms in total. The smallest absolute Gasteiger partial charge is 0.406 e. The maximum Gasteiger partial charge on any atom is 0.491 e. The van der Waals surface area contributed by atoms with Crippen molar-refractivity contribution < 1.29 is 13.7 Å². The molecule has 0 amide bonds. The molecule has 1 aliphatic heterocycles. The summed E-state index contributed by atoms with van der Waals surface area (Å²) in [6, 6.07) is 1.74. The maximum atomic E-state index is 11.2. The fraction of sp³-hybridized carbons (Fsp3) is 0.467. The number of rotatable bonds is 3. The van der Waals surface area contributed by atoms with E-state index in [1.54, 1.807) is 12.3 Å². The first-order chi connectivity index (χ1) is 10.7. The minimum atomic E-state index is -0.519. The van der Waals surface area contributed by atoms with Gasteiger partial charge in [-0.05, 0) is 44.8 Å². The summed E-state index contributed by atoms with van der Waals surface area (Å²) < 4.78 is 17.1. The van der Waals surface area contributed by atoms with Gasteiger partial charge >= 0.3 is 12.9 Å². The van der Waals surface area contributed by atoms with E-state index < -0.39 is 24.1 Å². The van der Waals surface area contributed by atoms with Crippen molar-refractivity contribution >= 4 is 37.1 Å². The topological polar surface area (TPSA) is 77.4 Å². The summed E-state index contributed by atoms with van der Waals surface area (Å²) in [4.78, 5) is 17.9. The molecule has 2 aromatic rings. The van der Waals surface area contributed by atoms with Gasteiger partial charge in [0.2, 0.25) is 0 Å². The Morgan fingerprint density at radius 1 is 1.35 bits per heavy atom. The Kier molecular flexibility index (Phi) is 3.94. The molecule has 0 aromatic carbocycles. The summed E-state index contributed by atoms with van der Waals surface area (Å²) in [5, 5.41) is 0. The largest absolute Gasteiger partial charge is 0.491 e. The Balaban J connectivity index is 1.93. The summed E-state index contributed by atoms with van der Waals surface area (Å²) in [5.41, 5.74) is 1.70. The van der Waals surface area contributed by atoms with Crippen molar-refractivity contribution in [2.24, 2.45) is 0 Å². The van der Waals surface area contributed by atoms with Gasteiger partial charge in [-0.15, -0.1) is 0 Å².